The third kappa shape index (κ3) is 2.43. The summed E-state index contributed by atoms with van der Waals surface area (Å²) in [7, 11) is 0. The zero-order valence-electron chi connectivity index (χ0n) is 13.8. The Morgan fingerprint density at radius 1 is 1.24 bits per heavy atom. The highest BCUT2D eigenvalue weighted by molar-refractivity contribution is 7.18. The smallest absolute Gasteiger partial charge is 0.263 e. The first-order valence-corrected chi connectivity index (χ1v) is 9.56. The molecule has 3 aliphatic rings. The number of carbonyl (C=O) groups excluding carboxylic acids is 1. The summed E-state index contributed by atoms with van der Waals surface area (Å²) in [5.41, 5.74) is 1.93. The van der Waals surface area contributed by atoms with Gasteiger partial charge in [-0.3, -0.25) is 9.89 Å². The maximum absolute atomic E-state index is 12.7. The Morgan fingerprint density at radius 2 is 2.12 bits per heavy atom. The highest BCUT2D eigenvalue weighted by atomic mass is 32.1. The standard InChI is InChI=1S/C17H20N4O3S/c22-17-16-13-14(15(25-16)11-7-19-20-8-11)24-6-3-21(13)12(9-18-17)10-1-4-23-5-2-10/h7-8,10,12H,1-6,9H2,(H,18,22)(H,19,20)/t12-/m1/s1. The summed E-state index contributed by atoms with van der Waals surface area (Å²) in [5, 5.41) is 10.0. The summed E-state index contributed by atoms with van der Waals surface area (Å²) in [5.74, 6) is 1.37. The van der Waals surface area contributed by atoms with E-state index >= 15 is 0 Å². The van der Waals surface area contributed by atoms with Crippen molar-refractivity contribution < 1.29 is 14.3 Å². The minimum atomic E-state index is 0.000976. The molecule has 1 fully saturated rings. The number of aromatic amines is 1. The molecule has 8 heteroatoms. The highest BCUT2D eigenvalue weighted by Crippen LogP contribution is 2.51. The van der Waals surface area contributed by atoms with E-state index in [0.717, 1.165) is 59.4 Å². The monoisotopic (exact) mass is 360 g/mol. The Labute approximate surface area is 149 Å². The van der Waals surface area contributed by atoms with Crippen molar-refractivity contribution in [3.63, 3.8) is 0 Å². The van der Waals surface area contributed by atoms with Gasteiger partial charge in [-0.25, -0.2) is 0 Å². The van der Waals surface area contributed by atoms with Crippen molar-refractivity contribution in [3.05, 3.63) is 17.3 Å². The minimum absolute atomic E-state index is 0.000976. The predicted octanol–water partition coefficient (Wildman–Crippen LogP) is 1.88. The third-order valence-electron chi connectivity index (χ3n) is 5.36. The molecule has 0 bridgehead atoms. The van der Waals surface area contributed by atoms with Crippen LogP contribution in [0.1, 0.15) is 22.5 Å². The van der Waals surface area contributed by atoms with E-state index < -0.39 is 0 Å². The van der Waals surface area contributed by atoms with Crippen LogP contribution in [0.25, 0.3) is 10.4 Å². The molecule has 2 aromatic rings. The molecule has 2 aromatic heterocycles. The first-order chi connectivity index (χ1) is 12.3. The molecule has 1 amide bonds. The summed E-state index contributed by atoms with van der Waals surface area (Å²) in [6.45, 7) is 3.76. The number of amides is 1. The number of H-pyrrole nitrogens is 1. The molecular weight excluding hydrogens is 340 g/mol. The lowest BCUT2D eigenvalue weighted by Gasteiger charge is -2.41. The van der Waals surface area contributed by atoms with Crippen LogP contribution in [0.2, 0.25) is 0 Å². The van der Waals surface area contributed by atoms with Crippen LogP contribution >= 0.6 is 11.3 Å². The van der Waals surface area contributed by atoms with E-state index in [-0.39, 0.29) is 5.91 Å². The van der Waals surface area contributed by atoms with Crippen LogP contribution in [0.3, 0.4) is 0 Å². The summed E-state index contributed by atoms with van der Waals surface area (Å²) in [6.07, 6.45) is 5.71. The first-order valence-electron chi connectivity index (χ1n) is 8.74. The fraction of sp³-hybridized carbons (Fsp3) is 0.529. The van der Waals surface area contributed by atoms with Crippen LogP contribution in [-0.4, -0.2) is 55.1 Å². The molecule has 1 atom stereocenters. The average Bonchev–Trinajstić information content (AvgIpc) is 3.27. The number of hydrogen-bond donors (Lipinski definition) is 2. The zero-order chi connectivity index (χ0) is 16.8. The zero-order valence-corrected chi connectivity index (χ0v) is 14.6. The molecule has 3 aliphatic heterocycles. The Hall–Kier alpha value is -2.06. The van der Waals surface area contributed by atoms with Gasteiger partial charge in [0.25, 0.3) is 5.91 Å². The molecule has 132 valence electrons. The fourth-order valence-electron chi connectivity index (χ4n) is 4.12. The van der Waals surface area contributed by atoms with Crippen LogP contribution in [0.15, 0.2) is 12.4 Å². The molecule has 5 rings (SSSR count). The van der Waals surface area contributed by atoms with Crippen molar-refractivity contribution in [2.45, 2.75) is 18.9 Å². The van der Waals surface area contributed by atoms with E-state index in [9.17, 15) is 4.79 Å². The predicted molar refractivity (Wildman–Crippen MR) is 94.4 cm³/mol. The maximum atomic E-state index is 12.7. The molecule has 25 heavy (non-hydrogen) atoms. The van der Waals surface area contributed by atoms with Crippen LogP contribution in [0, 0.1) is 5.92 Å². The second-order valence-electron chi connectivity index (χ2n) is 6.69. The van der Waals surface area contributed by atoms with Crippen molar-refractivity contribution in [1.29, 1.82) is 0 Å². The van der Waals surface area contributed by atoms with E-state index in [1.807, 2.05) is 6.20 Å². The Bertz CT molecular complexity index is 782. The van der Waals surface area contributed by atoms with Gasteiger partial charge in [-0.15, -0.1) is 11.3 Å². The summed E-state index contributed by atoms with van der Waals surface area (Å²) < 4.78 is 11.6. The van der Waals surface area contributed by atoms with Crippen molar-refractivity contribution in [1.82, 2.24) is 15.5 Å². The van der Waals surface area contributed by atoms with Crippen LogP contribution in [0.4, 0.5) is 5.69 Å². The Morgan fingerprint density at radius 3 is 2.92 bits per heavy atom. The highest BCUT2D eigenvalue weighted by Gasteiger charge is 2.40. The van der Waals surface area contributed by atoms with Crippen molar-refractivity contribution in [2.75, 3.05) is 37.8 Å². The molecular formula is C17H20N4O3S. The summed E-state index contributed by atoms with van der Waals surface area (Å²) >= 11 is 1.49. The van der Waals surface area contributed by atoms with Gasteiger partial charge in [-0.1, -0.05) is 0 Å². The van der Waals surface area contributed by atoms with Crippen LogP contribution in [0.5, 0.6) is 5.75 Å². The summed E-state index contributed by atoms with van der Waals surface area (Å²) in [6, 6.07) is 0.295. The van der Waals surface area contributed by atoms with Gasteiger partial charge in [-0.2, -0.15) is 5.10 Å². The number of carbonyl (C=O) groups is 1. The molecule has 0 spiro atoms. The van der Waals surface area contributed by atoms with Gasteiger partial charge in [0.2, 0.25) is 0 Å². The number of rotatable bonds is 2. The quantitative estimate of drug-likeness (QED) is 0.855. The number of aromatic nitrogens is 2. The van der Waals surface area contributed by atoms with Gasteiger partial charge in [0, 0.05) is 37.6 Å². The van der Waals surface area contributed by atoms with Gasteiger partial charge >= 0.3 is 0 Å². The number of nitrogens with zero attached hydrogens (tertiary/aromatic N) is 2. The lowest BCUT2D eigenvalue weighted by atomic mass is 9.90. The minimum Gasteiger partial charge on any atom is -0.488 e. The molecule has 0 radical (unpaired) electrons. The van der Waals surface area contributed by atoms with Crippen LogP contribution in [-0.2, 0) is 4.74 Å². The normalized spacial score (nSPS) is 23.6. The van der Waals surface area contributed by atoms with Gasteiger partial charge in [0.05, 0.1) is 17.6 Å². The van der Waals surface area contributed by atoms with E-state index in [1.165, 1.54) is 11.3 Å². The second-order valence-corrected chi connectivity index (χ2v) is 7.71. The molecule has 1 saturated heterocycles. The van der Waals surface area contributed by atoms with E-state index in [1.54, 1.807) is 6.20 Å². The average molecular weight is 360 g/mol. The maximum Gasteiger partial charge on any atom is 0.263 e. The largest absolute Gasteiger partial charge is 0.488 e. The van der Waals surface area contributed by atoms with Crippen molar-refractivity contribution in [3.8, 4) is 16.2 Å². The number of ether oxygens (including phenoxy) is 2. The SMILES string of the molecule is O=C1NC[C@H](C2CCOCC2)N2CCOc3c(-c4cn[nH]c4)sc1c32. The van der Waals surface area contributed by atoms with Crippen LogP contribution < -0.4 is 15.0 Å². The molecule has 7 nitrogen and oxygen atoms in total. The number of thiophene rings is 1. The fourth-order valence-corrected chi connectivity index (χ4v) is 5.27. The van der Waals surface area contributed by atoms with Gasteiger partial charge in [0.15, 0.2) is 5.75 Å². The number of nitrogens with one attached hydrogen (secondary N) is 2. The van der Waals surface area contributed by atoms with E-state index in [4.69, 9.17) is 9.47 Å². The molecule has 0 unspecified atom stereocenters. The lowest BCUT2D eigenvalue weighted by Crippen LogP contribution is -2.50. The molecule has 0 aromatic carbocycles. The molecule has 0 aliphatic carbocycles. The van der Waals surface area contributed by atoms with E-state index in [0.29, 0.717) is 25.1 Å². The van der Waals surface area contributed by atoms with Gasteiger partial charge in [0.1, 0.15) is 17.2 Å². The second kappa shape index (κ2) is 6.03. The van der Waals surface area contributed by atoms with Gasteiger partial charge < -0.3 is 19.7 Å². The molecule has 5 heterocycles. The van der Waals surface area contributed by atoms with Crippen molar-refractivity contribution in [2.24, 2.45) is 5.92 Å². The third-order valence-corrected chi connectivity index (χ3v) is 6.56. The Balaban J connectivity index is 1.61. The Kier molecular flexibility index (Phi) is 3.67. The first kappa shape index (κ1) is 15.2. The molecule has 0 saturated carbocycles. The molecule has 2 N–H and O–H groups in total. The number of anilines is 1. The lowest BCUT2D eigenvalue weighted by molar-refractivity contribution is 0.0566. The topological polar surface area (TPSA) is 79.5 Å². The van der Waals surface area contributed by atoms with E-state index in [2.05, 4.69) is 20.4 Å². The number of hydrogen-bond acceptors (Lipinski definition) is 6. The summed E-state index contributed by atoms with van der Waals surface area (Å²) in [4.78, 5) is 16.9. The van der Waals surface area contributed by atoms with Gasteiger partial charge in [-0.05, 0) is 18.8 Å². The van der Waals surface area contributed by atoms with Crippen molar-refractivity contribution >= 4 is 22.9 Å².